The van der Waals surface area contributed by atoms with Gasteiger partial charge in [-0.2, -0.15) is 0 Å². The van der Waals surface area contributed by atoms with Gasteiger partial charge in [0.05, 0.1) is 25.9 Å². The molecule has 0 saturated carbocycles. The van der Waals surface area contributed by atoms with Gasteiger partial charge in [0.2, 0.25) is 5.91 Å². The number of rotatable bonds is 24. The fourth-order valence-corrected chi connectivity index (χ4v) is 5.92. The summed E-state index contributed by atoms with van der Waals surface area (Å²) in [6.45, 7) is -0.0443. The van der Waals surface area contributed by atoms with Crippen LogP contribution in [0.4, 0.5) is 17.1 Å². The predicted molar refractivity (Wildman–Crippen MR) is 192 cm³/mol. The zero-order chi connectivity index (χ0) is 38.0. The summed E-state index contributed by atoms with van der Waals surface area (Å²) >= 11 is 0. The van der Waals surface area contributed by atoms with E-state index in [1.54, 1.807) is 82.6 Å². The first kappa shape index (κ1) is 40.5. The van der Waals surface area contributed by atoms with Crippen LogP contribution in [0.1, 0.15) is 23.1 Å². The molecule has 0 aromatic heterocycles. The summed E-state index contributed by atoms with van der Waals surface area (Å²) in [6.07, 6.45) is -0.241. The summed E-state index contributed by atoms with van der Waals surface area (Å²) in [7, 11) is 1.42. The lowest BCUT2D eigenvalue weighted by molar-refractivity contribution is -0.137. The van der Waals surface area contributed by atoms with E-state index in [1.807, 2.05) is 4.90 Å². The van der Waals surface area contributed by atoms with Crippen molar-refractivity contribution in [2.45, 2.75) is 31.7 Å². The Hall–Kier alpha value is -5.96. The number of aliphatic carboxylic acids is 4. The average molecular weight is 721 g/mol. The van der Waals surface area contributed by atoms with Crippen molar-refractivity contribution in [1.29, 1.82) is 0 Å². The van der Waals surface area contributed by atoms with Crippen molar-refractivity contribution in [3.8, 4) is 0 Å². The Labute approximate surface area is 301 Å². The topological polar surface area (TPSA) is 214 Å². The number of nitrogens with one attached hydrogen (secondary N) is 1. The molecule has 0 heterocycles. The van der Waals surface area contributed by atoms with Crippen molar-refractivity contribution < 1.29 is 53.9 Å². The molecular formula is C37H44N4O11. The van der Waals surface area contributed by atoms with Gasteiger partial charge in [0.15, 0.2) is 0 Å². The molecule has 278 valence electrons. The summed E-state index contributed by atoms with van der Waals surface area (Å²) < 4.78 is 5.44. The van der Waals surface area contributed by atoms with E-state index in [2.05, 4.69) is 5.32 Å². The molecule has 5 N–H and O–H groups in total. The molecule has 3 rings (SSSR count). The van der Waals surface area contributed by atoms with Gasteiger partial charge in [-0.15, -0.1) is 0 Å². The van der Waals surface area contributed by atoms with Crippen LogP contribution in [-0.4, -0.2) is 116 Å². The summed E-state index contributed by atoms with van der Waals surface area (Å²) in [5.74, 6) is -4.85. The van der Waals surface area contributed by atoms with Crippen LogP contribution >= 0.6 is 0 Å². The molecule has 0 fully saturated rings. The maximum Gasteiger partial charge on any atom is 0.323 e. The van der Waals surface area contributed by atoms with E-state index in [1.165, 1.54) is 7.11 Å². The second kappa shape index (κ2) is 20.7. The molecule has 3 aromatic carbocycles. The fourth-order valence-electron chi connectivity index (χ4n) is 5.92. The molecule has 0 aliphatic heterocycles. The molecule has 1 amide bonds. The molecule has 1 atom stereocenters. The predicted octanol–water partition coefficient (Wildman–Crippen LogP) is 2.19. The first-order valence-electron chi connectivity index (χ1n) is 16.5. The van der Waals surface area contributed by atoms with Gasteiger partial charge >= 0.3 is 23.9 Å². The average Bonchev–Trinajstić information content (AvgIpc) is 3.09. The normalized spacial score (nSPS) is 11.2. The van der Waals surface area contributed by atoms with Crippen LogP contribution in [0.25, 0.3) is 0 Å². The number of carbonyl (C=O) groups is 6. The van der Waals surface area contributed by atoms with Crippen LogP contribution < -0.4 is 20.0 Å². The fraction of sp³-hybridized carbons (Fsp3) is 0.351. The number of carboxylic acids is 4. The lowest BCUT2D eigenvalue weighted by Crippen LogP contribution is -2.53. The highest BCUT2D eigenvalue weighted by molar-refractivity contribution is 5.86. The maximum atomic E-state index is 13.6. The maximum absolute atomic E-state index is 13.6. The summed E-state index contributed by atoms with van der Waals surface area (Å²) in [5, 5.41) is 41.5. The number of aldehydes is 1. The van der Waals surface area contributed by atoms with Crippen molar-refractivity contribution in [2.24, 2.45) is 0 Å². The molecule has 0 aliphatic rings. The van der Waals surface area contributed by atoms with E-state index in [4.69, 9.17) is 4.74 Å². The van der Waals surface area contributed by atoms with E-state index < -0.39 is 42.4 Å². The van der Waals surface area contributed by atoms with Crippen LogP contribution in [0.5, 0.6) is 0 Å². The minimum absolute atomic E-state index is 0.0740. The first-order chi connectivity index (χ1) is 24.9. The Morgan fingerprint density at radius 3 is 1.58 bits per heavy atom. The molecule has 0 spiro atoms. The lowest BCUT2D eigenvalue weighted by atomic mass is 10.1. The van der Waals surface area contributed by atoms with Gasteiger partial charge in [-0.1, -0.05) is 54.6 Å². The molecule has 0 saturated heterocycles. The van der Waals surface area contributed by atoms with E-state index in [0.29, 0.717) is 40.0 Å². The number of hydrogen-bond acceptors (Lipinski definition) is 10. The van der Waals surface area contributed by atoms with Crippen molar-refractivity contribution in [3.63, 3.8) is 0 Å². The van der Waals surface area contributed by atoms with Gasteiger partial charge in [0.1, 0.15) is 18.9 Å². The monoisotopic (exact) mass is 720 g/mol. The number of benzene rings is 3. The molecule has 3 aromatic rings. The number of carbonyl (C=O) groups excluding carboxylic acids is 2. The van der Waals surface area contributed by atoms with Crippen LogP contribution in [0.2, 0.25) is 0 Å². The Kier molecular flexibility index (Phi) is 16.1. The van der Waals surface area contributed by atoms with Crippen molar-refractivity contribution >= 4 is 53.1 Å². The van der Waals surface area contributed by atoms with Gasteiger partial charge in [-0.3, -0.25) is 24.0 Å². The van der Waals surface area contributed by atoms with Gasteiger partial charge in [-0.05, 0) is 34.9 Å². The third kappa shape index (κ3) is 12.4. The highest BCUT2D eigenvalue weighted by atomic mass is 16.5. The summed E-state index contributed by atoms with van der Waals surface area (Å²) in [4.78, 5) is 77.1. The number of anilines is 3. The Balaban J connectivity index is 2.10. The van der Waals surface area contributed by atoms with Gasteiger partial charge in [0, 0.05) is 63.3 Å². The molecule has 0 radical (unpaired) electrons. The number of carboxylic acid groups (broad SMARTS) is 4. The zero-order valence-electron chi connectivity index (χ0n) is 28.8. The number of amides is 1. The quantitative estimate of drug-likeness (QED) is 0.0663. The van der Waals surface area contributed by atoms with E-state index in [9.17, 15) is 49.2 Å². The molecule has 0 aliphatic carbocycles. The van der Waals surface area contributed by atoms with E-state index >= 15 is 0 Å². The third-order valence-electron chi connectivity index (χ3n) is 8.13. The van der Waals surface area contributed by atoms with Crippen molar-refractivity contribution in [1.82, 2.24) is 5.32 Å². The highest BCUT2D eigenvalue weighted by Crippen LogP contribution is 2.27. The Bertz CT molecular complexity index is 1700. The van der Waals surface area contributed by atoms with Crippen LogP contribution in [0, 0.1) is 0 Å². The van der Waals surface area contributed by atoms with E-state index in [-0.39, 0.29) is 65.0 Å². The molecule has 0 bridgehead atoms. The second-order valence-electron chi connectivity index (χ2n) is 11.8. The Morgan fingerprint density at radius 2 is 1.10 bits per heavy atom. The lowest BCUT2D eigenvalue weighted by Gasteiger charge is -2.37. The molecular weight excluding hydrogens is 676 g/mol. The number of nitrogens with zero attached hydrogens (tertiary/aromatic N) is 3. The highest BCUT2D eigenvalue weighted by Gasteiger charge is 2.29. The molecule has 15 heteroatoms. The van der Waals surface area contributed by atoms with Gasteiger partial charge < -0.3 is 50.0 Å². The van der Waals surface area contributed by atoms with Crippen molar-refractivity contribution in [3.05, 3.63) is 89.5 Å². The third-order valence-corrected chi connectivity index (χ3v) is 8.13. The molecule has 15 nitrogen and oxygen atoms in total. The standard InChI is InChI=1S/C37H44N4O11/c1-52-25-32(37(51)38-15-8-20-42)41(31-14-7-4-11-28(31)23-35(47)48)19-18-39(29-12-5-2-9-26(29)21-33(43)44)16-17-40(24-36(49)50)30-13-6-3-10-27(30)22-34(45)46/h2-7,9-14,20,32H,8,15-19,21-25H2,1H3,(H,38,51)(H,43,44)(H,45,46)(H,47,48)(H,49,50). The van der Waals surface area contributed by atoms with Gasteiger partial charge in [0.25, 0.3) is 0 Å². The molecule has 52 heavy (non-hydrogen) atoms. The van der Waals surface area contributed by atoms with Crippen LogP contribution in [-0.2, 0) is 52.8 Å². The molecule has 1 unspecified atom stereocenters. The van der Waals surface area contributed by atoms with Crippen molar-refractivity contribution in [2.75, 3.05) is 67.7 Å². The van der Waals surface area contributed by atoms with E-state index in [0.717, 1.165) is 0 Å². The number of methoxy groups -OCH3 is 1. The zero-order valence-corrected chi connectivity index (χ0v) is 28.8. The smallest absolute Gasteiger partial charge is 0.323 e. The minimum atomic E-state index is -1.15. The summed E-state index contributed by atoms with van der Waals surface area (Å²) in [5.41, 5.74) is 2.73. The van der Waals surface area contributed by atoms with Gasteiger partial charge in [-0.25, -0.2) is 0 Å². The summed E-state index contributed by atoms with van der Waals surface area (Å²) in [6, 6.07) is 19.2. The van der Waals surface area contributed by atoms with Crippen LogP contribution in [0.15, 0.2) is 72.8 Å². The largest absolute Gasteiger partial charge is 0.481 e. The second-order valence-corrected chi connectivity index (χ2v) is 11.8. The Morgan fingerprint density at radius 1 is 0.654 bits per heavy atom. The number of hydrogen-bond donors (Lipinski definition) is 5. The minimum Gasteiger partial charge on any atom is -0.481 e. The first-order valence-corrected chi connectivity index (χ1v) is 16.5. The van der Waals surface area contributed by atoms with Crippen LogP contribution in [0.3, 0.4) is 0 Å². The number of ether oxygens (including phenoxy) is 1. The number of para-hydroxylation sites is 3. The SMILES string of the molecule is COCC(C(=O)NCCC=O)N(CCN(CCN(CC(=O)O)c1ccccc1CC(=O)O)c1ccccc1CC(=O)O)c1ccccc1CC(=O)O.